The second-order valence-corrected chi connectivity index (χ2v) is 5.13. The smallest absolute Gasteiger partial charge is 0.338 e. The van der Waals surface area contributed by atoms with Gasteiger partial charge in [0.1, 0.15) is 0 Å². The molecule has 1 unspecified atom stereocenters. The van der Waals surface area contributed by atoms with Crippen LogP contribution in [-0.2, 0) is 4.74 Å². The van der Waals surface area contributed by atoms with Crippen LogP contribution >= 0.6 is 0 Å². The molecule has 0 radical (unpaired) electrons. The van der Waals surface area contributed by atoms with E-state index in [9.17, 15) is 4.79 Å². The molecule has 19 heavy (non-hydrogen) atoms. The summed E-state index contributed by atoms with van der Waals surface area (Å²) in [6.45, 7) is 7.07. The molecule has 0 saturated carbocycles. The van der Waals surface area contributed by atoms with E-state index in [-0.39, 0.29) is 5.97 Å². The van der Waals surface area contributed by atoms with Gasteiger partial charge in [-0.05, 0) is 36.5 Å². The van der Waals surface area contributed by atoms with Gasteiger partial charge in [-0.2, -0.15) is 0 Å². The van der Waals surface area contributed by atoms with Crippen molar-refractivity contribution in [2.24, 2.45) is 0 Å². The fraction of sp³-hybridized carbons (Fsp3) is 0.588. The number of carbonyl (C=O) groups is 1. The first-order valence-electron chi connectivity index (χ1n) is 7.46. The van der Waals surface area contributed by atoms with Gasteiger partial charge in [0.2, 0.25) is 0 Å². The first-order valence-corrected chi connectivity index (χ1v) is 7.46. The molecular formula is C17H26O2. The quantitative estimate of drug-likeness (QED) is 0.490. The number of benzene rings is 1. The Balaban J connectivity index is 2.40. The van der Waals surface area contributed by atoms with Gasteiger partial charge >= 0.3 is 5.97 Å². The molecule has 106 valence electrons. The standard InChI is InChI=1S/C17H26O2/c1-4-6-7-8-13-19-17(18)16-11-9-15(10-12-16)14(3)5-2/h9-12,14H,4-8,13H2,1-3H3. The van der Waals surface area contributed by atoms with Gasteiger partial charge in [0.05, 0.1) is 12.2 Å². The highest BCUT2D eigenvalue weighted by Crippen LogP contribution is 2.19. The van der Waals surface area contributed by atoms with Crippen LogP contribution in [0, 0.1) is 0 Å². The van der Waals surface area contributed by atoms with Crippen LogP contribution in [0.25, 0.3) is 0 Å². The molecule has 0 N–H and O–H groups in total. The number of rotatable bonds is 8. The van der Waals surface area contributed by atoms with Crippen molar-refractivity contribution in [1.29, 1.82) is 0 Å². The molecule has 1 atom stereocenters. The number of unbranched alkanes of at least 4 members (excludes halogenated alkanes) is 3. The molecule has 2 nitrogen and oxygen atoms in total. The molecule has 0 fully saturated rings. The maximum atomic E-state index is 11.8. The molecule has 0 aromatic heterocycles. The monoisotopic (exact) mass is 262 g/mol. The summed E-state index contributed by atoms with van der Waals surface area (Å²) in [5.41, 5.74) is 1.93. The molecule has 0 aliphatic carbocycles. The Morgan fingerprint density at radius 3 is 2.37 bits per heavy atom. The molecule has 2 heteroatoms. The Morgan fingerprint density at radius 1 is 1.11 bits per heavy atom. The van der Waals surface area contributed by atoms with Crippen LogP contribution in [0.15, 0.2) is 24.3 Å². The molecule has 0 saturated heterocycles. The highest BCUT2D eigenvalue weighted by molar-refractivity contribution is 5.89. The van der Waals surface area contributed by atoms with E-state index in [2.05, 4.69) is 20.8 Å². The average molecular weight is 262 g/mol. The SMILES string of the molecule is CCCCCCOC(=O)c1ccc(C(C)CC)cc1. The summed E-state index contributed by atoms with van der Waals surface area (Å²) in [5, 5.41) is 0. The second-order valence-electron chi connectivity index (χ2n) is 5.13. The van der Waals surface area contributed by atoms with Gasteiger partial charge in [-0.1, -0.05) is 52.2 Å². The fourth-order valence-corrected chi connectivity index (χ4v) is 1.96. The van der Waals surface area contributed by atoms with Gasteiger partial charge < -0.3 is 4.74 Å². The summed E-state index contributed by atoms with van der Waals surface area (Å²) in [4.78, 5) is 11.8. The average Bonchev–Trinajstić information content (AvgIpc) is 2.46. The molecule has 0 heterocycles. The van der Waals surface area contributed by atoms with Gasteiger partial charge in [0.15, 0.2) is 0 Å². The predicted molar refractivity (Wildman–Crippen MR) is 79.6 cm³/mol. The molecule has 0 bridgehead atoms. The minimum atomic E-state index is -0.202. The number of ether oxygens (including phenoxy) is 1. The normalized spacial score (nSPS) is 12.2. The molecular weight excluding hydrogens is 236 g/mol. The van der Waals surface area contributed by atoms with E-state index < -0.39 is 0 Å². The Kier molecular flexibility index (Phi) is 7.24. The summed E-state index contributed by atoms with van der Waals surface area (Å²) in [5.74, 6) is 0.339. The minimum Gasteiger partial charge on any atom is -0.462 e. The largest absolute Gasteiger partial charge is 0.462 e. The van der Waals surface area contributed by atoms with Gasteiger partial charge in [-0.25, -0.2) is 4.79 Å². The molecule has 0 aliphatic heterocycles. The maximum Gasteiger partial charge on any atom is 0.338 e. The van der Waals surface area contributed by atoms with Crippen LogP contribution in [-0.4, -0.2) is 12.6 Å². The third-order valence-corrected chi connectivity index (χ3v) is 3.56. The molecule has 0 amide bonds. The second kappa shape index (κ2) is 8.73. The van der Waals surface area contributed by atoms with Gasteiger partial charge in [-0.15, -0.1) is 0 Å². The van der Waals surface area contributed by atoms with Crippen molar-refractivity contribution in [3.05, 3.63) is 35.4 Å². The van der Waals surface area contributed by atoms with Crippen LogP contribution < -0.4 is 0 Å². The lowest BCUT2D eigenvalue weighted by Gasteiger charge is -2.09. The number of hydrogen-bond donors (Lipinski definition) is 0. The van der Waals surface area contributed by atoms with E-state index in [0.29, 0.717) is 18.1 Å². The summed E-state index contributed by atoms with van der Waals surface area (Å²) < 4.78 is 5.26. The lowest BCUT2D eigenvalue weighted by Crippen LogP contribution is -2.06. The fourth-order valence-electron chi connectivity index (χ4n) is 1.96. The lowest BCUT2D eigenvalue weighted by atomic mass is 9.98. The highest BCUT2D eigenvalue weighted by atomic mass is 16.5. The van der Waals surface area contributed by atoms with Gasteiger partial charge in [-0.3, -0.25) is 0 Å². The van der Waals surface area contributed by atoms with E-state index >= 15 is 0 Å². The number of hydrogen-bond acceptors (Lipinski definition) is 2. The van der Waals surface area contributed by atoms with E-state index in [1.54, 1.807) is 0 Å². The Labute approximate surface area is 117 Å². The van der Waals surface area contributed by atoms with Crippen LogP contribution in [0.5, 0.6) is 0 Å². The summed E-state index contributed by atoms with van der Waals surface area (Å²) in [6.07, 6.45) is 5.62. The lowest BCUT2D eigenvalue weighted by molar-refractivity contribution is 0.0498. The van der Waals surface area contributed by atoms with E-state index in [1.807, 2.05) is 24.3 Å². The third kappa shape index (κ3) is 5.46. The van der Waals surface area contributed by atoms with E-state index in [4.69, 9.17) is 4.74 Å². The molecule has 0 spiro atoms. The van der Waals surface area contributed by atoms with Crippen LogP contribution in [0.4, 0.5) is 0 Å². The van der Waals surface area contributed by atoms with Crippen molar-refractivity contribution >= 4 is 5.97 Å². The van der Waals surface area contributed by atoms with Crippen molar-refractivity contribution in [1.82, 2.24) is 0 Å². The zero-order chi connectivity index (χ0) is 14.1. The van der Waals surface area contributed by atoms with Crippen molar-refractivity contribution in [3.8, 4) is 0 Å². The summed E-state index contributed by atoms with van der Waals surface area (Å²) in [7, 11) is 0. The van der Waals surface area contributed by atoms with Crippen molar-refractivity contribution in [2.75, 3.05) is 6.61 Å². The minimum absolute atomic E-state index is 0.202. The molecule has 0 aliphatic rings. The summed E-state index contributed by atoms with van der Waals surface area (Å²) in [6, 6.07) is 7.80. The zero-order valence-electron chi connectivity index (χ0n) is 12.4. The first kappa shape index (κ1) is 15.7. The topological polar surface area (TPSA) is 26.3 Å². The van der Waals surface area contributed by atoms with E-state index in [0.717, 1.165) is 19.3 Å². The Hall–Kier alpha value is -1.31. The summed E-state index contributed by atoms with van der Waals surface area (Å²) >= 11 is 0. The maximum absolute atomic E-state index is 11.8. The Morgan fingerprint density at radius 2 is 1.79 bits per heavy atom. The Bertz CT molecular complexity index is 367. The molecule has 1 aromatic carbocycles. The molecule has 1 aromatic rings. The molecule has 1 rings (SSSR count). The third-order valence-electron chi connectivity index (χ3n) is 3.56. The van der Waals surface area contributed by atoms with Crippen molar-refractivity contribution in [3.63, 3.8) is 0 Å². The van der Waals surface area contributed by atoms with Gasteiger partial charge in [0.25, 0.3) is 0 Å². The van der Waals surface area contributed by atoms with Crippen molar-refractivity contribution < 1.29 is 9.53 Å². The highest BCUT2D eigenvalue weighted by Gasteiger charge is 2.08. The zero-order valence-corrected chi connectivity index (χ0v) is 12.4. The predicted octanol–water partition coefficient (Wildman–Crippen LogP) is 4.94. The van der Waals surface area contributed by atoms with E-state index in [1.165, 1.54) is 18.4 Å². The first-order chi connectivity index (χ1) is 9.19. The number of carbonyl (C=O) groups excluding carboxylic acids is 1. The number of esters is 1. The van der Waals surface area contributed by atoms with Crippen LogP contribution in [0.1, 0.15) is 74.7 Å². The van der Waals surface area contributed by atoms with Crippen LogP contribution in [0.3, 0.4) is 0 Å². The van der Waals surface area contributed by atoms with Crippen LogP contribution in [0.2, 0.25) is 0 Å². The van der Waals surface area contributed by atoms with Crippen molar-refractivity contribution in [2.45, 2.75) is 58.8 Å². The van der Waals surface area contributed by atoms with Gasteiger partial charge in [0, 0.05) is 0 Å².